The molecule has 0 radical (unpaired) electrons. The zero-order chi connectivity index (χ0) is 15.3. The van der Waals surface area contributed by atoms with Crippen molar-refractivity contribution in [2.45, 2.75) is 83.3 Å². The Morgan fingerprint density at radius 3 is 2.29 bits per heavy atom. The number of hydrogen-bond donors (Lipinski definition) is 1. The van der Waals surface area contributed by atoms with Crippen molar-refractivity contribution in [2.75, 3.05) is 0 Å². The topological polar surface area (TPSA) is 29.5 Å². The summed E-state index contributed by atoms with van der Waals surface area (Å²) in [5.41, 5.74) is 1.15. The Morgan fingerprint density at radius 1 is 1.10 bits per heavy atom. The Labute approximate surface area is 129 Å². The first-order valence-electron chi connectivity index (χ1n) is 8.43. The molecule has 0 unspecified atom stereocenters. The fourth-order valence-corrected chi connectivity index (χ4v) is 3.78. The summed E-state index contributed by atoms with van der Waals surface area (Å²) in [5, 5.41) is 9.40. The van der Waals surface area contributed by atoms with E-state index in [0.29, 0.717) is 5.75 Å². The predicted octanol–water partition coefficient (Wildman–Crippen LogP) is 5.23. The quantitative estimate of drug-likeness (QED) is 0.777. The molecule has 1 fully saturated rings. The van der Waals surface area contributed by atoms with E-state index in [1.165, 1.54) is 50.5 Å². The molecule has 1 aromatic carbocycles. The highest BCUT2D eigenvalue weighted by atomic mass is 16.5. The van der Waals surface area contributed by atoms with Gasteiger partial charge in [-0.2, -0.15) is 0 Å². The van der Waals surface area contributed by atoms with Crippen LogP contribution in [0.15, 0.2) is 24.3 Å². The van der Waals surface area contributed by atoms with E-state index in [9.17, 15) is 5.11 Å². The zero-order valence-corrected chi connectivity index (χ0v) is 13.8. The monoisotopic (exact) mass is 290 g/mol. The maximum atomic E-state index is 9.40. The standard InChI is InChI=1S/C19H30O2/c1-4-12-19(13-6-5-7-14-19)21-18(2,3)15-16-8-10-17(20)11-9-16/h8-11,20H,4-7,12-15H2,1-3H3. The maximum Gasteiger partial charge on any atom is 0.115 e. The Hall–Kier alpha value is -1.02. The first kappa shape index (κ1) is 16.4. The predicted molar refractivity (Wildman–Crippen MR) is 87.7 cm³/mol. The van der Waals surface area contributed by atoms with E-state index in [4.69, 9.17) is 4.74 Å². The minimum atomic E-state index is -0.163. The fourth-order valence-electron chi connectivity index (χ4n) is 3.78. The van der Waals surface area contributed by atoms with Crippen LogP contribution in [0.5, 0.6) is 5.75 Å². The van der Waals surface area contributed by atoms with E-state index in [0.717, 1.165) is 6.42 Å². The van der Waals surface area contributed by atoms with Gasteiger partial charge in [0.2, 0.25) is 0 Å². The molecule has 21 heavy (non-hydrogen) atoms. The summed E-state index contributed by atoms with van der Waals surface area (Å²) in [6.45, 7) is 6.66. The van der Waals surface area contributed by atoms with Crippen LogP contribution < -0.4 is 0 Å². The third-order valence-electron chi connectivity index (χ3n) is 4.53. The zero-order valence-electron chi connectivity index (χ0n) is 13.8. The van der Waals surface area contributed by atoms with Gasteiger partial charge >= 0.3 is 0 Å². The molecule has 2 rings (SSSR count). The Bertz CT molecular complexity index is 422. The Kier molecular flexibility index (Phi) is 5.32. The SMILES string of the molecule is CCCC1(OC(C)(C)Cc2ccc(O)cc2)CCCCC1. The number of ether oxygens (including phenoxy) is 1. The van der Waals surface area contributed by atoms with Crippen molar-refractivity contribution in [1.82, 2.24) is 0 Å². The summed E-state index contributed by atoms with van der Waals surface area (Å²) in [6.07, 6.45) is 9.62. The average molecular weight is 290 g/mol. The van der Waals surface area contributed by atoms with E-state index < -0.39 is 0 Å². The molecule has 1 saturated carbocycles. The molecule has 118 valence electrons. The van der Waals surface area contributed by atoms with Crippen LogP contribution in [0, 0.1) is 0 Å². The van der Waals surface area contributed by atoms with Gasteiger partial charge in [-0.3, -0.25) is 0 Å². The smallest absolute Gasteiger partial charge is 0.115 e. The molecule has 0 atom stereocenters. The minimum absolute atomic E-state index is 0.0907. The second-order valence-electron chi connectivity index (χ2n) is 7.20. The van der Waals surface area contributed by atoms with Crippen LogP contribution in [0.2, 0.25) is 0 Å². The molecule has 2 nitrogen and oxygen atoms in total. The molecule has 1 aliphatic rings. The lowest BCUT2D eigenvalue weighted by molar-refractivity contribution is -0.159. The van der Waals surface area contributed by atoms with Crippen molar-refractivity contribution in [3.05, 3.63) is 29.8 Å². The molecule has 0 amide bonds. The highest BCUT2D eigenvalue weighted by Crippen LogP contribution is 2.39. The molecule has 1 aliphatic carbocycles. The highest BCUT2D eigenvalue weighted by molar-refractivity contribution is 5.26. The second-order valence-corrected chi connectivity index (χ2v) is 7.20. The Morgan fingerprint density at radius 2 is 1.71 bits per heavy atom. The van der Waals surface area contributed by atoms with Crippen molar-refractivity contribution in [3.8, 4) is 5.75 Å². The van der Waals surface area contributed by atoms with E-state index in [-0.39, 0.29) is 11.2 Å². The summed E-state index contributed by atoms with van der Waals surface area (Å²) in [7, 11) is 0. The number of aromatic hydroxyl groups is 1. The molecule has 1 N–H and O–H groups in total. The van der Waals surface area contributed by atoms with Gasteiger partial charge in [-0.1, -0.05) is 44.7 Å². The molecule has 0 aliphatic heterocycles. The van der Waals surface area contributed by atoms with Crippen molar-refractivity contribution in [3.63, 3.8) is 0 Å². The summed E-state index contributed by atoms with van der Waals surface area (Å²) in [6, 6.07) is 7.50. The van der Waals surface area contributed by atoms with Crippen LogP contribution >= 0.6 is 0 Å². The molecule has 0 spiro atoms. The van der Waals surface area contributed by atoms with Crippen molar-refractivity contribution in [1.29, 1.82) is 0 Å². The first-order valence-corrected chi connectivity index (χ1v) is 8.43. The molecule has 0 bridgehead atoms. The van der Waals surface area contributed by atoms with E-state index in [2.05, 4.69) is 20.8 Å². The minimum Gasteiger partial charge on any atom is -0.508 e. The van der Waals surface area contributed by atoms with Gasteiger partial charge in [-0.05, 0) is 50.8 Å². The van der Waals surface area contributed by atoms with E-state index >= 15 is 0 Å². The van der Waals surface area contributed by atoms with Gasteiger partial charge in [0.05, 0.1) is 11.2 Å². The number of hydrogen-bond acceptors (Lipinski definition) is 2. The number of phenols is 1. The van der Waals surface area contributed by atoms with Crippen LogP contribution in [0.1, 0.15) is 71.3 Å². The third-order valence-corrected chi connectivity index (χ3v) is 4.53. The molecule has 2 heteroatoms. The molecule has 1 aromatic rings. The van der Waals surface area contributed by atoms with Crippen LogP contribution in [0.3, 0.4) is 0 Å². The average Bonchev–Trinajstić information content (AvgIpc) is 2.41. The van der Waals surface area contributed by atoms with Gasteiger partial charge in [-0.25, -0.2) is 0 Å². The van der Waals surface area contributed by atoms with Gasteiger partial charge in [-0.15, -0.1) is 0 Å². The van der Waals surface area contributed by atoms with Crippen LogP contribution in [-0.2, 0) is 11.2 Å². The van der Waals surface area contributed by atoms with Gasteiger partial charge < -0.3 is 9.84 Å². The van der Waals surface area contributed by atoms with Gasteiger partial charge in [0.25, 0.3) is 0 Å². The number of benzene rings is 1. The summed E-state index contributed by atoms with van der Waals surface area (Å²) < 4.78 is 6.68. The lowest BCUT2D eigenvalue weighted by Gasteiger charge is -2.43. The van der Waals surface area contributed by atoms with Crippen LogP contribution in [0.25, 0.3) is 0 Å². The number of rotatable bonds is 6. The van der Waals surface area contributed by atoms with Gasteiger partial charge in [0.1, 0.15) is 5.75 Å². The highest BCUT2D eigenvalue weighted by Gasteiger charge is 2.37. The Balaban J connectivity index is 2.05. The van der Waals surface area contributed by atoms with E-state index in [1.807, 2.05) is 12.1 Å². The lowest BCUT2D eigenvalue weighted by Crippen LogP contribution is -2.44. The van der Waals surface area contributed by atoms with Gasteiger partial charge in [0, 0.05) is 6.42 Å². The molecule has 0 saturated heterocycles. The third kappa shape index (κ3) is 4.74. The lowest BCUT2D eigenvalue weighted by atomic mass is 9.80. The maximum absolute atomic E-state index is 9.40. The largest absolute Gasteiger partial charge is 0.508 e. The number of phenolic OH excluding ortho intramolecular Hbond substituents is 1. The molecule has 0 aromatic heterocycles. The van der Waals surface area contributed by atoms with Crippen LogP contribution in [0.4, 0.5) is 0 Å². The molecule has 0 heterocycles. The second kappa shape index (κ2) is 6.83. The summed E-state index contributed by atoms with van der Waals surface area (Å²) >= 11 is 0. The van der Waals surface area contributed by atoms with Crippen molar-refractivity contribution < 1.29 is 9.84 Å². The van der Waals surface area contributed by atoms with Crippen LogP contribution in [-0.4, -0.2) is 16.3 Å². The summed E-state index contributed by atoms with van der Waals surface area (Å²) in [5.74, 6) is 0.326. The normalized spacial score (nSPS) is 18.6. The summed E-state index contributed by atoms with van der Waals surface area (Å²) in [4.78, 5) is 0. The van der Waals surface area contributed by atoms with E-state index in [1.54, 1.807) is 12.1 Å². The fraction of sp³-hybridized carbons (Fsp3) is 0.684. The van der Waals surface area contributed by atoms with Crippen molar-refractivity contribution in [2.24, 2.45) is 0 Å². The van der Waals surface area contributed by atoms with Gasteiger partial charge in [0.15, 0.2) is 0 Å². The molecular weight excluding hydrogens is 260 g/mol. The van der Waals surface area contributed by atoms with Crippen molar-refractivity contribution >= 4 is 0 Å². The molecular formula is C19H30O2. The first-order chi connectivity index (χ1) is 9.95.